The minimum Gasteiger partial charge on any atom is -0.299 e. The average Bonchev–Trinajstić information content (AvgIpc) is 2.39. The zero-order valence-electron chi connectivity index (χ0n) is 10.7. The molecule has 0 saturated carbocycles. The molecule has 1 aliphatic rings. The van der Waals surface area contributed by atoms with E-state index < -0.39 is 5.41 Å². The van der Waals surface area contributed by atoms with Crippen LogP contribution >= 0.6 is 0 Å². The number of carbonyl (C=O) groups excluding carboxylic acids is 1. The highest BCUT2D eigenvalue weighted by Crippen LogP contribution is 2.41. The van der Waals surface area contributed by atoms with Gasteiger partial charge in [-0.3, -0.25) is 4.79 Å². The zero-order chi connectivity index (χ0) is 12.8. The Balaban J connectivity index is 2.34. The van der Waals surface area contributed by atoms with Crippen LogP contribution in [0.3, 0.4) is 0 Å². The van der Waals surface area contributed by atoms with E-state index >= 15 is 0 Å². The Morgan fingerprint density at radius 1 is 0.944 bits per heavy atom. The molecule has 1 heteroatoms. The van der Waals surface area contributed by atoms with E-state index in [-0.39, 0.29) is 5.78 Å². The van der Waals surface area contributed by atoms with Gasteiger partial charge in [0.25, 0.3) is 0 Å². The van der Waals surface area contributed by atoms with Gasteiger partial charge < -0.3 is 0 Å². The summed E-state index contributed by atoms with van der Waals surface area (Å²) in [6, 6.07) is 16.6. The maximum Gasteiger partial charge on any atom is 0.144 e. The third-order valence-electron chi connectivity index (χ3n) is 4.20. The van der Waals surface area contributed by atoms with Crippen molar-refractivity contribution >= 4 is 5.78 Å². The molecular weight excluding hydrogens is 220 g/mol. The van der Waals surface area contributed by atoms with Gasteiger partial charge in [0.2, 0.25) is 0 Å². The second-order valence-electron chi connectivity index (χ2n) is 5.17. The smallest absolute Gasteiger partial charge is 0.144 e. The molecule has 0 amide bonds. The molecule has 0 heterocycles. The Bertz CT molecular complexity index is 580. The highest BCUT2D eigenvalue weighted by molar-refractivity contribution is 5.93. The fourth-order valence-corrected chi connectivity index (χ4v) is 3.05. The van der Waals surface area contributed by atoms with Gasteiger partial charge in [-0.15, -0.1) is 0 Å². The number of ketones is 1. The molecule has 0 spiro atoms. The molecule has 0 fully saturated rings. The molecule has 0 aromatic heterocycles. The number of carbonyl (C=O) groups is 1. The molecule has 0 saturated heterocycles. The van der Waals surface area contributed by atoms with Gasteiger partial charge in [-0.2, -0.15) is 0 Å². The zero-order valence-corrected chi connectivity index (χ0v) is 10.7. The summed E-state index contributed by atoms with van der Waals surface area (Å²) in [5, 5.41) is 0. The summed E-state index contributed by atoms with van der Waals surface area (Å²) >= 11 is 0. The number of benzene rings is 2. The van der Waals surface area contributed by atoms with Crippen LogP contribution in [-0.4, -0.2) is 5.78 Å². The molecule has 3 rings (SSSR count). The van der Waals surface area contributed by atoms with Crippen molar-refractivity contribution in [2.75, 3.05) is 0 Å². The topological polar surface area (TPSA) is 17.1 Å². The maximum atomic E-state index is 12.2. The van der Waals surface area contributed by atoms with Crippen molar-refractivity contribution in [3.63, 3.8) is 0 Å². The Morgan fingerprint density at radius 2 is 1.39 bits per heavy atom. The van der Waals surface area contributed by atoms with Gasteiger partial charge in [0.1, 0.15) is 5.78 Å². The van der Waals surface area contributed by atoms with Gasteiger partial charge >= 0.3 is 0 Å². The van der Waals surface area contributed by atoms with Crippen LogP contribution in [0.1, 0.15) is 36.1 Å². The summed E-state index contributed by atoms with van der Waals surface area (Å²) in [6.07, 6.45) is 0.926. The number of rotatable bonds is 1. The first kappa shape index (κ1) is 11.2. The first-order valence-corrected chi connectivity index (χ1v) is 6.32. The maximum absolute atomic E-state index is 12.2. The van der Waals surface area contributed by atoms with Gasteiger partial charge in [-0.1, -0.05) is 48.5 Å². The van der Waals surface area contributed by atoms with E-state index in [2.05, 4.69) is 24.3 Å². The minimum absolute atomic E-state index is 0.210. The van der Waals surface area contributed by atoms with Gasteiger partial charge in [-0.25, -0.2) is 0 Å². The fourth-order valence-electron chi connectivity index (χ4n) is 3.05. The molecule has 0 aliphatic heterocycles. The molecular formula is C17H16O. The van der Waals surface area contributed by atoms with Gasteiger partial charge in [0.15, 0.2) is 0 Å². The molecule has 1 nitrogen and oxygen atoms in total. The second kappa shape index (κ2) is 3.81. The Labute approximate surface area is 107 Å². The molecule has 0 radical (unpaired) electrons. The Morgan fingerprint density at radius 3 is 1.83 bits per heavy atom. The van der Waals surface area contributed by atoms with Crippen LogP contribution in [-0.2, 0) is 16.6 Å². The Hall–Kier alpha value is -1.89. The van der Waals surface area contributed by atoms with Crippen LogP contribution in [0.2, 0.25) is 0 Å². The summed E-state index contributed by atoms with van der Waals surface area (Å²) in [5.74, 6) is 0.210. The summed E-state index contributed by atoms with van der Waals surface area (Å²) in [4.78, 5) is 12.2. The standard InChI is InChI=1S/C17H16O/c1-12(18)17(2)15-9-5-3-7-13(15)11-14-8-4-6-10-16(14)17/h3-10H,11H2,1-2H3. The minimum atomic E-state index is -0.495. The summed E-state index contributed by atoms with van der Waals surface area (Å²) in [6.45, 7) is 3.74. The van der Waals surface area contributed by atoms with Crippen LogP contribution in [0.25, 0.3) is 0 Å². The van der Waals surface area contributed by atoms with Crippen LogP contribution in [0.4, 0.5) is 0 Å². The molecule has 18 heavy (non-hydrogen) atoms. The van der Waals surface area contributed by atoms with Crippen molar-refractivity contribution in [2.45, 2.75) is 25.7 Å². The molecule has 90 valence electrons. The highest BCUT2D eigenvalue weighted by Gasteiger charge is 2.39. The number of Topliss-reactive ketones (excluding diaryl/α,β-unsaturated/α-hetero) is 1. The predicted molar refractivity (Wildman–Crippen MR) is 72.8 cm³/mol. The van der Waals surface area contributed by atoms with Crippen LogP contribution in [0, 0.1) is 0 Å². The van der Waals surface area contributed by atoms with Crippen molar-refractivity contribution < 1.29 is 4.79 Å². The largest absolute Gasteiger partial charge is 0.299 e. The molecule has 2 aromatic rings. The molecule has 0 bridgehead atoms. The monoisotopic (exact) mass is 236 g/mol. The van der Waals surface area contributed by atoms with Gasteiger partial charge in [0.05, 0.1) is 5.41 Å². The lowest BCUT2D eigenvalue weighted by Gasteiger charge is -2.36. The van der Waals surface area contributed by atoms with E-state index in [9.17, 15) is 4.79 Å². The Kier molecular flexibility index (Phi) is 2.37. The quantitative estimate of drug-likeness (QED) is 0.740. The first-order chi connectivity index (χ1) is 8.64. The first-order valence-electron chi connectivity index (χ1n) is 6.32. The van der Waals surface area contributed by atoms with E-state index in [1.54, 1.807) is 6.92 Å². The van der Waals surface area contributed by atoms with E-state index in [0.29, 0.717) is 0 Å². The highest BCUT2D eigenvalue weighted by atomic mass is 16.1. The normalized spacial score (nSPS) is 15.7. The molecule has 0 unspecified atom stereocenters. The SMILES string of the molecule is CC(=O)C1(C)c2ccccc2Cc2ccccc21. The van der Waals surface area contributed by atoms with E-state index in [1.165, 1.54) is 11.1 Å². The lowest BCUT2D eigenvalue weighted by molar-refractivity contribution is -0.120. The molecule has 1 aliphatic carbocycles. The van der Waals surface area contributed by atoms with Crippen LogP contribution in [0.15, 0.2) is 48.5 Å². The number of hydrogen-bond donors (Lipinski definition) is 0. The van der Waals surface area contributed by atoms with E-state index in [1.807, 2.05) is 31.2 Å². The van der Waals surface area contributed by atoms with Crippen molar-refractivity contribution in [2.24, 2.45) is 0 Å². The van der Waals surface area contributed by atoms with Gasteiger partial charge in [-0.05, 0) is 42.5 Å². The summed E-state index contributed by atoms with van der Waals surface area (Å²) < 4.78 is 0. The van der Waals surface area contributed by atoms with Crippen molar-refractivity contribution in [3.05, 3.63) is 70.8 Å². The average molecular weight is 236 g/mol. The number of fused-ring (bicyclic) bond motifs is 2. The lowest BCUT2D eigenvalue weighted by Crippen LogP contribution is -2.36. The van der Waals surface area contributed by atoms with Gasteiger partial charge in [0, 0.05) is 0 Å². The molecule has 2 aromatic carbocycles. The van der Waals surface area contributed by atoms with Crippen LogP contribution < -0.4 is 0 Å². The van der Waals surface area contributed by atoms with Crippen molar-refractivity contribution in [3.8, 4) is 0 Å². The van der Waals surface area contributed by atoms with Crippen molar-refractivity contribution in [1.29, 1.82) is 0 Å². The second-order valence-corrected chi connectivity index (χ2v) is 5.17. The lowest BCUT2D eigenvalue weighted by atomic mass is 9.66. The van der Waals surface area contributed by atoms with Crippen LogP contribution in [0.5, 0.6) is 0 Å². The summed E-state index contributed by atoms with van der Waals surface area (Å²) in [5.41, 5.74) is 4.38. The molecule has 0 atom stereocenters. The molecule has 0 N–H and O–H groups in total. The predicted octanol–water partition coefficient (Wildman–Crippen LogP) is 3.49. The van der Waals surface area contributed by atoms with Crippen molar-refractivity contribution in [1.82, 2.24) is 0 Å². The van der Waals surface area contributed by atoms with E-state index in [4.69, 9.17) is 0 Å². The third kappa shape index (κ3) is 1.37. The fraction of sp³-hybridized carbons (Fsp3) is 0.235. The summed E-state index contributed by atoms with van der Waals surface area (Å²) in [7, 11) is 0. The third-order valence-corrected chi connectivity index (χ3v) is 4.20. The number of hydrogen-bond acceptors (Lipinski definition) is 1. The van der Waals surface area contributed by atoms with E-state index in [0.717, 1.165) is 17.5 Å².